The molecule has 0 unspecified atom stereocenters. The van der Waals surface area contributed by atoms with Crippen molar-refractivity contribution in [2.75, 3.05) is 13.7 Å². The molecule has 150 valence electrons. The van der Waals surface area contributed by atoms with Crippen molar-refractivity contribution in [2.45, 2.75) is 89.5 Å². The van der Waals surface area contributed by atoms with Crippen LogP contribution in [0.15, 0.2) is 24.5 Å². The molecule has 0 saturated carbocycles. The van der Waals surface area contributed by atoms with E-state index in [1.165, 1.54) is 18.4 Å². The molecule has 1 aliphatic rings. The molecule has 0 amide bonds. The third-order valence-electron chi connectivity index (χ3n) is 5.66. The third kappa shape index (κ3) is 6.92. The second-order valence-electron chi connectivity index (χ2n) is 8.57. The van der Waals surface area contributed by atoms with E-state index < -0.39 is 5.60 Å². The van der Waals surface area contributed by atoms with Crippen LogP contribution in [0.25, 0.3) is 0 Å². The van der Waals surface area contributed by atoms with Crippen molar-refractivity contribution in [2.24, 2.45) is 0 Å². The number of likely N-dealkylation sites (tertiary alicyclic amines) is 1. The van der Waals surface area contributed by atoms with E-state index in [1.54, 1.807) is 7.11 Å². The van der Waals surface area contributed by atoms with Crippen molar-refractivity contribution in [1.29, 1.82) is 0 Å². The van der Waals surface area contributed by atoms with Gasteiger partial charge in [-0.2, -0.15) is 0 Å². The number of hydrogen-bond donors (Lipinski definition) is 1. The predicted molar refractivity (Wildman–Crippen MR) is 110 cm³/mol. The molecule has 0 aromatic carbocycles. The number of methoxy groups -OCH3 is 1. The first-order chi connectivity index (χ1) is 12.7. The summed E-state index contributed by atoms with van der Waals surface area (Å²) in [5.74, 6) is 6.47. The normalized spacial score (nSPS) is 21.8. The fraction of sp³-hybridized carbons (Fsp3) is 0.696. The van der Waals surface area contributed by atoms with E-state index in [4.69, 9.17) is 4.74 Å². The highest BCUT2D eigenvalue weighted by molar-refractivity contribution is 5.20. The van der Waals surface area contributed by atoms with E-state index >= 15 is 0 Å². The Balaban J connectivity index is 1.99. The Morgan fingerprint density at radius 2 is 2.11 bits per heavy atom. The monoisotopic (exact) mass is 372 g/mol. The first-order valence-electron chi connectivity index (χ1n) is 10.2. The molecular weight excluding hydrogens is 336 g/mol. The van der Waals surface area contributed by atoms with Gasteiger partial charge < -0.3 is 9.84 Å². The molecule has 1 N–H and O–H groups in total. The second-order valence-corrected chi connectivity index (χ2v) is 8.57. The van der Waals surface area contributed by atoms with Gasteiger partial charge in [0.05, 0.1) is 11.6 Å². The highest BCUT2D eigenvalue weighted by Crippen LogP contribution is 2.32. The molecule has 0 aliphatic carbocycles. The van der Waals surface area contributed by atoms with Crippen LogP contribution in [0.2, 0.25) is 0 Å². The lowest BCUT2D eigenvalue weighted by Gasteiger charge is -2.38. The zero-order valence-electron chi connectivity index (χ0n) is 17.7. The molecule has 0 spiro atoms. The van der Waals surface area contributed by atoms with Crippen LogP contribution < -0.4 is 0 Å². The first kappa shape index (κ1) is 21.9. The first-order valence-corrected chi connectivity index (χ1v) is 10.2. The van der Waals surface area contributed by atoms with Crippen molar-refractivity contribution >= 4 is 0 Å². The van der Waals surface area contributed by atoms with Crippen molar-refractivity contribution < 1.29 is 9.84 Å². The van der Waals surface area contributed by atoms with E-state index in [0.717, 1.165) is 25.8 Å². The highest BCUT2D eigenvalue weighted by Gasteiger charge is 2.27. The van der Waals surface area contributed by atoms with Gasteiger partial charge in [-0.1, -0.05) is 24.3 Å². The van der Waals surface area contributed by atoms with E-state index in [1.807, 2.05) is 25.4 Å². The minimum atomic E-state index is -0.961. The summed E-state index contributed by atoms with van der Waals surface area (Å²) >= 11 is 0. The number of rotatable bonds is 7. The zero-order chi connectivity index (χ0) is 19.9. The average molecular weight is 373 g/mol. The van der Waals surface area contributed by atoms with Gasteiger partial charge >= 0.3 is 0 Å². The Hall–Kier alpha value is -1.41. The molecule has 4 nitrogen and oxygen atoms in total. The number of nitrogens with zero attached hydrogens (tertiary/aromatic N) is 2. The molecule has 27 heavy (non-hydrogen) atoms. The number of pyridine rings is 1. The topological polar surface area (TPSA) is 45.6 Å². The predicted octanol–water partition coefficient (Wildman–Crippen LogP) is 4.35. The van der Waals surface area contributed by atoms with Crippen LogP contribution in [-0.2, 0) is 4.74 Å². The van der Waals surface area contributed by atoms with Crippen LogP contribution in [0.3, 0.4) is 0 Å². The average Bonchev–Trinajstić information content (AvgIpc) is 2.66. The van der Waals surface area contributed by atoms with Gasteiger partial charge in [-0.3, -0.25) is 9.88 Å². The van der Waals surface area contributed by atoms with Crippen LogP contribution >= 0.6 is 0 Å². The second kappa shape index (κ2) is 9.68. The maximum absolute atomic E-state index is 10.7. The minimum Gasteiger partial charge on any atom is -0.379 e. The lowest BCUT2D eigenvalue weighted by molar-refractivity contribution is 0.00830. The summed E-state index contributed by atoms with van der Waals surface area (Å²) in [4.78, 5) is 6.74. The Morgan fingerprint density at radius 1 is 1.33 bits per heavy atom. The van der Waals surface area contributed by atoms with Crippen LogP contribution in [0.4, 0.5) is 0 Å². The van der Waals surface area contributed by atoms with Gasteiger partial charge in [-0.15, -0.1) is 0 Å². The van der Waals surface area contributed by atoms with E-state index in [9.17, 15) is 5.11 Å². The summed E-state index contributed by atoms with van der Waals surface area (Å²) in [5.41, 5.74) is 0.151. The molecule has 3 atom stereocenters. The Kier molecular flexibility index (Phi) is 7.85. The van der Waals surface area contributed by atoms with Gasteiger partial charge in [0.2, 0.25) is 0 Å². The van der Waals surface area contributed by atoms with Gasteiger partial charge in [-0.25, -0.2) is 0 Å². The number of hydrogen-bond acceptors (Lipinski definition) is 4. The summed E-state index contributed by atoms with van der Waals surface area (Å²) in [6.07, 6.45) is 9.82. The smallest absolute Gasteiger partial charge is 0.122 e. The van der Waals surface area contributed by atoms with Gasteiger partial charge in [-0.05, 0) is 78.0 Å². The van der Waals surface area contributed by atoms with E-state index in [2.05, 4.69) is 48.6 Å². The fourth-order valence-corrected chi connectivity index (χ4v) is 3.71. The van der Waals surface area contributed by atoms with Gasteiger partial charge in [0, 0.05) is 25.5 Å². The summed E-state index contributed by atoms with van der Waals surface area (Å²) in [6.45, 7) is 9.15. The molecule has 0 radical (unpaired) electrons. The van der Waals surface area contributed by atoms with Crippen LogP contribution in [-0.4, -0.2) is 45.9 Å². The van der Waals surface area contributed by atoms with Crippen molar-refractivity contribution in [1.82, 2.24) is 9.88 Å². The summed E-state index contributed by atoms with van der Waals surface area (Å²) in [5, 5.41) is 10.7. The van der Waals surface area contributed by atoms with Gasteiger partial charge in [0.1, 0.15) is 5.60 Å². The highest BCUT2D eigenvalue weighted by atomic mass is 16.5. The summed E-state index contributed by atoms with van der Waals surface area (Å²) in [6, 6.07) is 4.64. The van der Waals surface area contributed by atoms with Crippen LogP contribution in [0.5, 0.6) is 0 Å². The maximum Gasteiger partial charge on any atom is 0.122 e. The molecular formula is C23H36N2O2. The molecule has 1 aliphatic heterocycles. The Labute approximate surface area is 165 Å². The van der Waals surface area contributed by atoms with Crippen molar-refractivity contribution in [3.05, 3.63) is 30.1 Å². The summed E-state index contributed by atoms with van der Waals surface area (Å²) < 4.78 is 5.45. The van der Waals surface area contributed by atoms with E-state index in [0.29, 0.717) is 12.5 Å². The standard InChI is InChI=1S/C23H36N2O2/c1-19(12-15-23(4,26)14-9-13-22(2,3)27-5)25-17-7-6-11-21(25)20-10-8-16-24-18-20/h8,10,16,18-19,21,26H,6-7,9,11,13-14,17H2,1-5H3/t19-,21-,23+/m1/s1. The Bertz CT molecular complexity index is 631. The largest absolute Gasteiger partial charge is 0.379 e. The van der Waals surface area contributed by atoms with Crippen molar-refractivity contribution in [3.63, 3.8) is 0 Å². The lowest BCUT2D eigenvalue weighted by atomic mass is 9.93. The quantitative estimate of drug-likeness (QED) is 0.723. The minimum absolute atomic E-state index is 0.109. The van der Waals surface area contributed by atoms with Crippen molar-refractivity contribution in [3.8, 4) is 11.8 Å². The van der Waals surface area contributed by atoms with Gasteiger partial charge in [0.25, 0.3) is 0 Å². The SMILES string of the molecule is COC(C)(C)CCC[C@](C)(O)C#C[C@@H](C)N1CCCC[C@@H]1c1cccnc1. The molecule has 0 bridgehead atoms. The zero-order valence-corrected chi connectivity index (χ0v) is 17.7. The molecule has 1 fully saturated rings. The summed E-state index contributed by atoms with van der Waals surface area (Å²) in [7, 11) is 1.73. The third-order valence-corrected chi connectivity index (χ3v) is 5.66. The van der Waals surface area contributed by atoms with Gasteiger partial charge in [0.15, 0.2) is 0 Å². The van der Waals surface area contributed by atoms with E-state index in [-0.39, 0.29) is 11.6 Å². The molecule has 1 saturated heterocycles. The van der Waals surface area contributed by atoms with Crippen LogP contribution in [0, 0.1) is 11.8 Å². The molecule has 1 aromatic heterocycles. The number of aromatic nitrogens is 1. The molecule has 4 heteroatoms. The molecule has 2 rings (SSSR count). The number of piperidine rings is 1. The molecule has 2 heterocycles. The number of aliphatic hydroxyl groups is 1. The fourth-order valence-electron chi connectivity index (χ4n) is 3.71. The molecule has 1 aromatic rings. The Morgan fingerprint density at radius 3 is 2.78 bits per heavy atom. The maximum atomic E-state index is 10.7. The lowest BCUT2D eigenvalue weighted by Crippen LogP contribution is -2.39. The number of ether oxygens (including phenoxy) is 1. The van der Waals surface area contributed by atoms with Crippen LogP contribution in [0.1, 0.15) is 77.8 Å².